The molecular formula is C18H19Cl2FN4O3. The van der Waals surface area contributed by atoms with Gasteiger partial charge >= 0.3 is 5.97 Å². The van der Waals surface area contributed by atoms with Crippen LogP contribution in [0.3, 0.4) is 0 Å². The topological polar surface area (TPSA) is 99.7 Å². The predicted octanol–water partition coefficient (Wildman–Crippen LogP) is 4.76. The Kier molecular flexibility index (Phi) is 6.46. The molecule has 0 aliphatic heterocycles. The van der Waals surface area contributed by atoms with E-state index in [9.17, 15) is 9.18 Å². The second kappa shape index (κ2) is 8.28. The van der Waals surface area contributed by atoms with Gasteiger partial charge in [-0.05, 0) is 19.1 Å². The van der Waals surface area contributed by atoms with Gasteiger partial charge in [-0.2, -0.15) is 0 Å². The van der Waals surface area contributed by atoms with Crippen LogP contribution in [0.5, 0.6) is 5.75 Å². The zero-order chi connectivity index (χ0) is 21.2. The molecule has 0 saturated carbocycles. The first kappa shape index (κ1) is 21.8. The molecule has 0 aliphatic carbocycles. The van der Waals surface area contributed by atoms with E-state index < -0.39 is 11.8 Å². The summed E-state index contributed by atoms with van der Waals surface area (Å²) in [4.78, 5) is 25.3. The quantitative estimate of drug-likeness (QED) is 0.428. The summed E-state index contributed by atoms with van der Waals surface area (Å²) in [6.45, 7) is 7.43. The average Bonchev–Trinajstić information content (AvgIpc) is 2.61. The second-order valence-corrected chi connectivity index (χ2v) is 7.63. The van der Waals surface area contributed by atoms with Crippen LogP contribution < -0.4 is 10.5 Å². The van der Waals surface area contributed by atoms with E-state index in [2.05, 4.69) is 15.1 Å². The molecule has 2 aromatic rings. The number of anilines is 1. The maximum atomic E-state index is 14.7. The number of carbonyl (C=O) groups excluding carboxylic acids is 1. The van der Waals surface area contributed by atoms with Crippen LogP contribution >= 0.6 is 23.2 Å². The molecule has 0 aliphatic rings. The summed E-state index contributed by atoms with van der Waals surface area (Å²) in [5.74, 6) is -2.35. The van der Waals surface area contributed by atoms with Crippen LogP contribution in [-0.4, -0.2) is 28.8 Å². The molecule has 2 N–H and O–H groups in total. The number of halogens is 3. The van der Waals surface area contributed by atoms with E-state index in [0.29, 0.717) is 5.71 Å². The molecule has 1 aromatic carbocycles. The van der Waals surface area contributed by atoms with Crippen molar-refractivity contribution in [1.29, 1.82) is 0 Å². The van der Waals surface area contributed by atoms with Crippen LogP contribution in [0.2, 0.25) is 10.0 Å². The zero-order valence-corrected chi connectivity index (χ0v) is 17.4. The Labute approximate surface area is 171 Å². The smallest absolute Gasteiger partial charge is 0.385 e. The van der Waals surface area contributed by atoms with Crippen molar-refractivity contribution in [1.82, 2.24) is 9.97 Å². The molecule has 0 atom stereocenters. The number of aromatic nitrogens is 2. The first-order valence-electron chi connectivity index (χ1n) is 8.09. The SMILES string of the molecule is COc1c(Cl)ccc(-c2nc(N)c(Cl)c(C(=O)O/N=C(/C)C(C)(C)C)n2)c1F. The number of nitrogens with two attached hydrogens (primary N) is 1. The Hall–Kier alpha value is -2.45. The lowest BCUT2D eigenvalue weighted by molar-refractivity contribution is 0.0505. The molecule has 2 rings (SSSR count). The molecule has 1 aromatic heterocycles. The van der Waals surface area contributed by atoms with Crippen molar-refractivity contribution in [2.24, 2.45) is 10.6 Å². The van der Waals surface area contributed by atoms with Crippen LogP contribution in [0.15, 0.2) is 17.3 Å². The standard InChI is InChI=1S/C18H19Cl2FN4O3/c1-8(18(2,3)4)25-28-17(26)13-11(20)15(22)24-16(23-13)9-6-7-10(19)14(27-5)12(9)21/h6-7H,1-5H3,(H2,22,23,24)/b25-8-. The number of hydrogen-bond donors (Lipinski definition) is 1. The number of rotatable bonds is 4. The lowest BCUT2D eigenvalue weighted by atomic mass is 9.91. The number of carbonyl (C=O) groups is 1. The maximum Gasteiger partial charge on any atom is 0.385 e. The van der Waals surface area contributed by atoms with Crippen molar-refractivity contribution >= 4 is 40.7 Å². The van der Waals surface area contributed by atoms with Gasteiger partial charge in [-0.25, -0.2) is 19.2 Å². The number of nitrogen functional groups attached to an aromatic ring is 1. The van der Waals surface area contributed by atoms with Gasteiger partial charge < -0.3 is 15.3 Å². The third-order valence-electron chi connectivity index (χ3n) is 3.92. The van der Waals surface area contributed by atoms with E-state index in [0.717, 1.165) is 0 Å². The van der Waals surface area contributed by atoms with Crippen molar-refractivity contribution in [2.45, 2.75) is 27.7 Å². The van der Waals surface area contributed by atoms with Crippen LogP contribution in [0.4, 0.5) is 10.2 Å². The van der Waals surface area contributed by atoms with E-state index in [1.165, 1.54) is 19.2 Å². The molecule has 0 bridgehead atoms. The Morgan fingerprint density at radius 3 is 2.46 bits per heavy atom. The third-order valence-corrected chi connectivity index (χ3v) is 4.59. The van der Waals surface area contributed by atoms with E-state index in [4.69, 9.17) is 38.5 Å². The minimum Gasteiger partial charge on any atom is -0.492 e. The van der Waals surface area contributed by atoms with E-state index in [-0.39, 0.29) is 44.1 Å². The molecule has 0 spiro atoms. The number of methoxy groups -OCH3 is 1. The molecule has 10 heteroatoms. The summed E-state index contributed by atoms with van der Waals surface area (Å²) in [6.07, 6.45) is 0. The van der Waals surface area contributed by atoms with Crippen molar-refractivity contribution in [3.63, 3.8) is 0 Å². The molecule has 0 fully saturated rings. The van der Waals surface area contributed by atoms with Gasteiger partial charge in [0.15, 0.2) is 23.1 Å². The Morgan fingerprint density at radius 1 is 1.25 bits per heavy atom. The fourth-order valence-electron chi connectivity index (χ4n) is 1.90. The third kappa shape index (κ3) is 4.51. The minimum atomic E-state index is -0.953. The summed E-state index contributed by atoms with van der Waals surface area (Å²) in [7, 11) is 1.27. The number of benzene rings is 1. The van der Waals surface area contributed by atoms with Crippen LogP contribution in [0.25, 0.3) is 11.4 Å². The molecule has 7 nitrogen and oxygen atoms in total. The molecular weight excluding hydrogens is 410 g/mol. The molecule has 1 heterocycles. The van der Waals surface area contributed by atoms with Crippen LogP contribution in [0, 0.1) is 11.2 Å². The number of nitrogens with zero attached hydrogens (tertiary/aromatic N) is 3. The lowest BCUT2D eigenvalue weighted by Gasteiger charge is -2.16. The predicted molar refractivity (Wildman–Crippen MR) is 106 cm³/mol. The van der Waals surface area contributed by atoms with Gasteiger partial charge in [0.1, 0.15) is 10.8 Å². The summed E-state index contributed by atoms with van der Waals surface area (Å²) in [6, 6.07) is 2.74. The van der Waals surface area contributed by atoms with Crippen molar-refractivity contribution < 1.29 is 18.8 Å². The summed E-state index contributed by atoms with van der Waals surface area (Å²) in [5, 5.41) is 3.64. The van der Waals surface area contributed by atoms with Gasteiger partial charge in [0.05, 0.1) is 23.4 Å². The highest BCUT2D eigenvalue weighted by atomic mass is 35.5. The normalized spacial score (nSPS) is 12.1. The molecule has 0 amide bonds. The summed E-state index contributed by atoms with van der Waals surface area (Å²) < 4.78 is 19.6. The van der Waals surface area contributed by atoms with Gasteiger partial charge in [-0.3, -0.25) is 0 Å². The summed E-state index contributed by atoms with van der Waals surface area (Å²) in [5.41, 5.74) is 5.62. The zero-order valence-electron chi connectivity index (χ0n) is 15.9. The molecule has 0 radical (unpaired) electrons. The highest BCUT2D eigenvalue weighted by molar-refractivity contribution is 6.35. The molecule has 150 valence electrons. The molecule has 28 heavy (non-hydrogen) atoms. The van der Waals surface area contributed by atoms with Gasteiger partial charge in [0, 0.05) is 5.41 Å². The van der Waals surface area contributed by atoms with Gasteiger partial charge in [-0.1, -0.05) is 49.1 Å². The fourth-order valence-corrected chi connectivity index (χ4v) is 2.29. The highest BCUT2D eigenvalue weighted by Gasteiger charge is 2.24. The Bertz CT molecular complexity index is 959. The second-order valence-electron chi connectivity index (χ2n) is 6.84. The van der Waals surface area contributed by atoms with Crippen molar-refractivity contribution in [3.8, 4) is 17.1 Å². The lowest BCUT2D eigenvalue weighted by Crippen LogP contribution is -2.18. The number of ether oxygens (including phenoxy) is 1. The minimum absolute atomic E-state index is 0.0670. The highest BCUT2D eigenvalue weighted by Crippen LogP contribution is 2.35. The fraction of sp³-hybridized carbons (Fsp3) is 0.333. The number of hydrogen-bond acceptors (Lipinski definition) is 7. The Morgan fingerprint density at radius 2 is 1.89 bits per heavy atom. The van der Waals surface area contributed by atoms with Crippen LogP contribution in [-0.2, 0) is 4.84 Å². The average molecular weight is 429 g/mol. The van der Waals surface area contributed by atoms with Crippen LogP contribution in [0.1, 0.15) is 38.2 Å². The van der Waals surface area contributed by atoms with Gasteiger partial charge in [0.25, 0.3) is 0 Å². The monoisotopic (exact) mass is 428 g/mol. The largest absolute Gasteiger partial charge is 0.492 e. The molecule has 0 saturated heterocycles. The van der Waals surface area contributed by atoms with Gasteiger partial charge in [0.2, 0.25) is 0 Å². The first-order valence-corrected chi connectivity index (χ1v) is 8.84. The molecule has 0 unspecified atom stereocenters. The van der Waals surface area contributed by atoms with E-state index in [1.807, 2.05) is 20.8 Å². The van der Waals surface area contributed by atoms with Crippen molar-refractivity contribution in [3.05, 3.63) is 33.7 Å². The Balaban J connectivity index is 2.50. The van der Waals surface area contributed by atoms with Gasteiger partial charge in [-0.15, -0.1) is 0 Å². The maximum absolute atomic E-state index is 14.7. The van der Waals surface area contributed by atoms with Crippen molar-refractivity contribution in [2.75, 3.05) is 12.8 Å². The van der Waals surface area contributed by atoms with E-state index >= 15 is 0 Å². The number of oxime groups is 1. The van der Waals surface area contributed by atoms with E-state index in [1.54, 1.807) is 6.92 Å². The summed E-state index contributed by atoms with van der Waals surface area (Å²) >= 11 is 11.9. The first-order chi connectivity index (χ1) is 13.0.